The van der Waals surface area contributed by atoms with Crippen molar-refractivity contribution in [1.29, 1.82) is 0 Å². The van der Waals surface area contributed by atoms with Gasteiger partial charge in [0.1, 0.15) is 5.75 Å². The molecule has 0 fully saturated rings. The van der Waals surface area contributed by atoms with Crippen LogP contribution in [0.15, 0.2) is 42.5 Å². The second kappa shape index (κ2) is 9.21. The number of hydrogen-bond donors (Lipinski definition) is 2. The summed E-state index contributed by atoms with van der Waals surface area (Å²) in [4.78, 5) is 24.7. The van der Waals surface area contributed by atoms with E-state index in [4.69, 9.17) is 4.74 Å². The van der Waals surface area contributed by atoms with Gasteiger partial charge in [0.15, 0.2) is 0 Å². The third kappa shape index (κ3) is 5.33. The van der Waals surface area contributed by atoms with E-state index in [1.807, 2.05) is 18.2 Å². The molecule has 5 nitrogen and oxygen atoms in total. The Bertz CT molecular complexity index is 787. The Kier molecular flexibility index (Phi) is 6.99. The third-order valence-corrected chi connectivity index (χ3v) is 4.38. The van der Waals surface area contributed by atoms with E-state index in [2.05, 4.69) is 38.3 Å². The first kappa shape index (κ1) is 20.5. The number of rotatable bonds is 7. The van der Waals surface area contributed by atoms with E-state index in [0.717, 1.165) is 16.8 Å². The summed E-state index contributed by atoms with van der Waals surface area (Å²) in [6.45, 7) is 8.29. The van der Waals surface area contributed by atoms with Gasteiger partial charge in [-0.05, 0) is 41.2 Å². The normalized spacial score (nSPS) is 10.8. The zero-order valence-corrected chi connectivity index (χ0v) is 16.6. The van der Waals surface area contributed by atoms with Crippen LogP contribution >= 0.6 is 0 Å². The summed E-state index contributed by atoms with van der Waals surface area (Å²) in [5.41, 5.74) is 3.48. The highest BCUT2D eigenvalue weighted by atomic mass is 16.5. The first-order valence-electron chi connectivity index (χ1n) is 9.18. The zero-order valence-electron chi connectivity index (χ0n) is 16.6. The fourth-order valence-corrected chi connectivity index (χ4v) is 2.91. The average Bonchev–Trinajstić information content (AvgIpc) is 2.65. The second-order valence-corrected chi connectivity index (χ2v) is 7.08. The van der Waals surface area contributed by atoms with E-state index >= 15 is 0 Å². The van der Waals surface area contributed by atoms with Crippen molar-refractivity contribution in [3.8, 4) is 5.75 Å². The van der Waals surface area contributed by atoms with Crippen LogP contribution in [0.5, 0.6) is 5.75 Å². The van der Waals surface area contributed by atoms with Crippen molar-refractivity contribution in [3.05, 3.63) is 59.2 Å². The fraction of sp³-hybridized carbons (Fsp3) is 0.364. The number of nitrogens with one attached hydrogen (secondary N) is 2. The zero-order chi connectivity index (χ0) is 20.0. The topological polar surface area (TPSA) is 67.4 Å². The molecular weight excluding hydrogens is 340 g/mol. The summed E-state index contributed by atoms with van der Waals surface area (Å²) in [6.07, 6.45) is 0. The number of carbonyl (C=O) groups is 2. The molecule has 0 saturated carbocycles. The lowest BCUT2D eigenvalue weighted by atomic mass is 9.92. The molecule has 0 aliphatic rings. The van der Waals surface area contributed by atoms with Crippen LogP contribution in [-0.2, 0) is 4.79 Å². The third-order valence-electron chi connectivity index (χ3n) is 4.38. The van der Waals surface area contributed by atoms with E-state index in [1.54, 1.807) is 31.4 Å². The molecule has 0 radical (unpaired) electrons. The minimum atomic E-state index is -0.315. The molecule has 0 saturated heterocycles. The molecule has 0 unspecified atom stereocenters. The Balaban J connectivity index is 2.08. The number of hydrogen-bond acceptors (Lipinski definition) is 3. The van der Waals surface area contributed by atoms with Gasteiger partial charge in [-0.3, -0.25) is 9.59 Å². The molecule has 27 heavy (non-hydrogen) atoms. The molecule has 5 heteroatoms. The second-order valence-electron chi connectivity index (χ2n) is 7.08. The Morgan fingerprint density at radius 1 is 0.963 bits per heavy atom. The predicted octanol–water partition coefficient (Wildman–Crippen LogP) is 4.31. The van der Waals surface area contributed by atoms with Crippen molar-refractivity contribution in [1.82, 2.24) is 5.32 Å². The molecule has 2 aromatic rings. The number of methoxy groups -OCH3 is 1. The van der Waals surface area contributed by atoms with E-state index in [0.29, 0.717) is 11.3 Å². The fourth-order valence-electron chi connectivity index (χ4n) is 2.91. The molecule has 0 aromatic heterocycles. The number of carbonyl (C=O) groups excluding carboxylic acids is 2. The van der Waals surface area contributed by atoms with Crippen LogP contribution in [0.25, 0.3) is 0 Å². The van der Waals surface area contributed by atoms with Gasteiger partial charge < -0.3 is 15.4 Å². The Hall–Kier alpha value is -2.82. The predicted molar refractivity (Wildman–Crippen MR) is 109 cm³/mol. The Morgan fingerprint density at radius 3 is 2.11 bits per heavy atom. The molecule has 2 N–H and O–H groups in total. The lowest BCUT2D eigenvalue weighted by Crippen LogP contribution is -2.33. The van der Waals surface area contributed by atoms with Crippen LogP contribution in [0.4, 0.5) is 5.69 Å². The van der Waals surface area contributed by atoms with Crippen molar-refractivity contribution in [2.75, 3.05) is 19.0 Å². The van der Waals surface area contributed by atoms with Crippen LogP contribution in [0.2, 0.25) is 0 Å². The van der Waals surface area contributed by atoms with Crippen molar-refractivity contribution in [3.63, 3.8) is 0 Å². The quantitative estimate of drug-likeness (QED) is 0.765. The van der Waals surface area contributed by atoms with Gasteiger partial charge in [-0.2, -0.15) is 0 Å². The van der Waals surface area contributed by atoms with E-state index in [-0.39, 0.29) is 30.2 Å². The molecular formula is C22H28N2O3. The summed E-state index contributed by atoms with van der Waals surface area (Å²) >= 11 is 0. The van der Waals surface area contributed by atoms with Gasteiger partial charge in [0, 0.05) is 11.3 Å². The van der Waals surface area contributed by atoms with Crippen LogP contribution in [0.1, 0.15) is 61.0 Å². The van der Waals surface area contributed by atoms with Crippen LogP contribution in [0.3, 0.4) is 0 Å². The molecule has 0 spiro atoms. The molecule has 0 aliphatic carbocycles. The van der Waals surface area contributed by atoms with Gasteiger partial charge in [-0.25, -0.2) is 0 Å². The smallest absolute Gasteiger partial charge is 0.251 e. The van der Waals surface area contributed by atoms with Crippen molar-refractivity contribution in [2.45, 2.75) is 39.5 Å². The van der Waals surface area contributed by atoms with Crippen molar-refractivity contribution < 1.29 is 14.3 Å². The van der Waals surface area contributed by atoms with Crippen molar-refractivity contribution in [2.24, 2.45) is 0 Å². The summed E-state index contributed by atoms with van der Waals surface area (Å²) in [7, 11) is 1.54. The number of anilines is 1. The van der Waals surface area contributed by atoms with E-state index < -0.39 is 0 Å². The highest BCUT2D eigenvalue weighted by molar-refractivity contribution is 6.00. The summed E-state index contributed by atoms with van der Waals surface area (Å²) < 4.78 is 5.12. The molecule has 0 atom stereocenters. The molecule has 2 amide bonds. The van der Waals surface area contributed by atoms with Gasteiger partial charge >= 0.3 is 0 Å². The molecule has 0 heterocycles. The Labute approximate surface area is 161 Å². The van der Waals surface area contributed by atoms with Crippen LogP contribution in [0, 0.1) is 0 Å². The minimum absolute atomic E-state index is 0.0972. The summed E-state index contributed by atoms with van der Waals surface area (Å²) in [6, 6.07) is 12.9. The summed E-state index contributed by atoms with van der Waals surface area (Å²) in [5, 5.41) is 5.65. The van der Waals surface area contributed by atoms with Crippen LogP contribution in [-0.4, -0.2) is 25.5 Å². The maximum Gasteiger partial charge on any atom is 0.251 e. The van der Waals surface area contributed by atoms with Gasteiger partial charge in [0.2, 0.25) is 5.91 Å². The van der Waals surface area contributed by atoms with E-state index in [1.165, 1.54) is 0 Å². The minimum Gasteiger partial charge on any atom is -0.497 e. The van der Waals surface area contributed by atoms with Gasteiger partial charge in [-0.1, -0.05) is 52.0 Å². The lowest BCUT2D eigenvalue weighted by Gasteiger charge is -2.20. The van der Waals surface area contributed by atoms with Gasteiger partial charge in [-0.15, -0.1) is 0 Å². The number of para-hydroxylation sites is 1. The number of amides is 2. The standard InChI is InChI=1S/C22H28N2O3/c1-14(2)18-10-7-11-19(15(3)4)21(18)24-20(25)13-23-22(26)16-8-6-9-17(12-16)27-5/h6-12,14-15H,13H2,1-5H3,(H,23,26)(H,24,25). The molecule has 144 valence electrons. The molecule has 0 aliphatic heterocycles. The monoisotopic (exact) mass is 368 g/mol. The van der Waals surface area contributed by atoms with Gasteiger partial charge in [0.25, 0.3) is 5.91 Å². The number of benzene rings is 2. The van der Waals surface area contributed by atoms with Gasteiger partial charge in [0.05, 0.1) is 13.7 Å². The highest BCUT2D eigenvalue weighted by Gasteiger charge is 2.16. The first-order chi connectivity index (χ1) is 12.8. The van der Waals surface area contributed by atoms with Crippen molar-refractivity contribution >= 4 is 17.5 Å². The molecule has 2 rings (SSSR count). The maximum atomic E-state index is 12.5. The molecule has 0 bridgehead atoms. The number of ether oxygens (including phenoxy) is 1. The molecule has 2 aromatic carbocycles. The highest BCUT2D eigenvalue weighted by Crippen LogP contribution is 2.32. The van der Waals surface area contributed by atoms with E-state index in [9.17, 15) is 9.59 Å². The SMILES string of the molecule is COc1cccc(C(=O)NCC(=O)Nc2c(C(C)C)cccc2C(C)C)c1. The Morgan fingerprint density at radius 2 is 1.56 bits per heavy atom. The van der Waals surface area contributed by atoms with Crippen LogP contribution < -0.4 is 15.4 Å². The first-order valence-corrected chi connectivity index (χ1v) is 9.18. The maximum absolute atomic E-state index is 12.5. The average molecular weight is 368 g/mol. The lowest BCUT2D eigenvalue weighted by molar-refractivity contribution is -0.115. The largest absolute Gasteiger partial charge is 0.497 e. The summed E-state index contributed by atoms with van der Waals surface area (Å²) in [5.74, 6) is 0.599.